The first kappa shape index (κ1) is 15.9. The molecule has 24 heavy (non-hydrogen) atoms. The second-order valence-electron chi connectivity index (χ2n) is 5.57. The van der Waals surface area contributed by atoms with Gasteiger partial charge in [-0.25, -0.2) is 0 Å². The van der Waals surface area contributed by atoms with Crippen LogP contribution in [-0.4, -0.2) is 22.6 Å². The third-order valence-corrected chi connectivity index (χ3v) is 3.69. The van der Waals surface area contributed by atoms with E-state index < -0.39 is 0 Å². The van der Waals surface area contributed by atoms with Crippen LogP contribution in [0.4, 0.5) is 0 Å². The first-order valence-electron chi connectivity index (χ1n) is 7.95. The number of rotatable bonds is 6. The minimum absolute atomic E-state index is 0.0729. The van der Waals surface area contributed by atoms with Gasteiger partial charge in [-0.3, -0.25) is 4.79 Å². The van der Waals surface area contributed by atoms with Crippen molar-refractivity contribution in [2.75, 3.05) is 6.54 Å². The van der Waals surface area contributed by atoms with Crippen LogP contribution in [0.2, 0.25) is 0 Å². The average Bonchev–Trinajstić information content (AvgIpc) is 3.06. The molecule has 0 unspecified atom stereocenters. The number of nitrogens with one attached hydrogen (secondary N) is 1. The fraction of sp³-hybridized carbons (Fsp3) is 0.211. The molecule has 5 heteroatoms. The predicted molar refractivity (Wildman–Crippen MR) is 91.6 cm³/mol. The lowest BCUT2D eigenvalue weighted by Crippen LogP contribution is -2.24. The maximum atomic E-state index is 12.1. The smallest absolute Gasteiger partial charge is 0.257 e. The van der Waals surface area contributed by atoms with E-state index in [4.69, 9.17) is 4.52 Å². The lowest BCUT2D eigenvalue weighted by Gasteiger charge is -2.06. The number of benzene rings is 2. The summed E-state index contributed by atoms with van der Waals surface area (Å²) in [5, 5.41) is 6.70. The summed E-state index contributed by atoms with van der Waals surface area (Å²) in [6.07, 6.45) is 1.87. The van der Waals surface area contributed by atoms with Crippen LogP contribution in [0.15, 0.2) is 59.1 Å². The highest BCUT2D eigenvalue weighted by atomic mass is 16.5. The van der Waals surface area contributed by atoms with Gasteiger partial charge in [0, 0.05) is 17.7 Å². The van der Waals surface area contributed by atoms with E-state index in [1.807, 2.05) is 30.3 Å². The summed E-state index contributed by atoms with van der Waals surface area (Å²) in [6, 6.07) is 17.4. The lowest BCUT2D eigenvalue weighted by atomic mass is 10.1. The molecule has 122 valence electrons. The molecule has 5 nitrogen and oxygen atoms in total. The molecule has 0 saturated carbocycles. The monoisotopic (exact) mass is 321 g/mol. The fourth-order valence-electron chi connectivity index (χ4n) is 2.42. The van der Waals surface area contributed by atoms with Gasteiger partial charge in [0.05, 0.1) is 0 Å². The molecule has 3 aromatic rings. The second kappa shape index (κ2) is 7.55. The third kappa shape index (κ3) is 4.07. The van der Waals surface area contributed by atoms with Crippen molar-refractivity contribution in [2.24, 2.45) is 0 Å². The Labute approximate surface area is 140 Å². The molecule has 0 atom stereocenters. The molecule has 0 radical (unpaired) electrons. The Bertz CT molecular complexity index is 795. The van der Waals surface area contributed by atoms with E-state index >= 15 is 0 Å². The number of nitrogens with zero attached hydrogens (tertiary/aromatic N) is 2. The highest BCUT2D eigenvalue weighted by Crippen LogP contribution is 2.17. The number of carbonyl (C=O) groups excluding carboxylic acids is 1. The SMILES string of the molecule is Cc1noc(-c2ccc(C(=O)NCCCc3ccccc3)cc2)n1. The number of carbonyl (C=O) groups is 1. The van der Waals surface area contributed by atoms with Gasteiger partial charge in [0.1, 0.15) is 0 Å². The summed E-state index contributed by atoms with van der Waals surface area (Å²) in [4.78, 5) is 16.3. The highest BCUT2D eigenvalue weighted by molar-refractivity contribution is 5.94. The van der Waals surface area contributed by atoms with Gasteiger partial charge >= 0.3 is 0 Å². The van der Waals surface area contributed by atoms with Crippen molar-refractivity contribution in [3.05, 3.63) is 71.5 Å². The minimum atomic E-state index is -0.0729. The normalized spacial score (nSPS) is 10.5. The Morgan fingerprint density at radius 1 is 1.08 bits per heavy atom. The summed E-state index contributed by atoms with van der Waals surface area (Å²) in [6.45, 7) is 2.42. The zero-order valence-electron chi connectivity index (χ0n) is 13.5. The van der Waals surface area contributed by atoms with E-state index in [-0.39, 0.29) is 5.91 Å². The number of aromatic nitrogens is 2. The molecule has 0 aliphatic heterocycles. The first-order chi connectivity index (χ1) is 11.7. The van der Waals surface area contributed by atoms with Gasteiger partial charge in [-0.2, -0.15) is 4.98 Å². The van der Waals surface area contributed by atoms with E-state index in [0.29, 0.717) is 23.8 Å². The van der Waals surface area contributed by atoms with Gasteiger partial charge < -0.3 is 9.84 Å². The van der Waals surface area contributed by atoms with Crippen LogP contribution in [0.5, 0.6) is 0 Å². The van der Waals surface area contributed by atoms with Crippen LogP contribution in [-0.2, 0) is 6.42 Å². The maximum absolute atomic E-state index is 12.1. The van der Waals surface area contributed by atoms with Crippen molar-refractivity contribution in [3.8, 4) is 11.5 Å². The van der Waals surface area contributed by atoms with E-state index in [2.05, 4.69) is 27.6 Å². The van der Waals surface area contributed by atoms with Crippen LogP contribution in [0, 0.1) is 6.92 Å². The fourth-order valence-corrected chi connectivity index (χ4v) is 2.42. The lowest BCUT2D eigenvalue weighted by molar-refractivity contribution is 0.0953. The molecule has 3 rings (SSSR count). The molecule has 1 aromatic heterocycles. The van der Waals surface area contributed by atoms with E-state index in [1.165, 1.54) is 5.56 Å². The molecule has 0 bridgehead atoms. The number of hydrogen-bond donors (Lipinski definition) is 1. The molecule has 2 aromatic carbocycles. The minimum Gasteiger partial charge on any atom is -0.352 e. The van der Waals surface area contributed by atoms with Gasteiger partial charge in [-0.1, -0.05) is 35.5 Å². The van der Waals surface area contributed by atoms with Gasteiger partial charge in [0.2, 0.25) is 0 Å². The summed E-state index contributed by atoms with van der Waals surface area (Å²) in [7, 11) is 0. The van der Waals surface area contributed by atoms with Gasteiger partial charge in [-0.05, 0) is 49.6 Å². The third-order valence-electron chi connectivity index (χ3n) is 3.69. The van der Waals surface area contributed by atoms with Crippen LogP contribution >= 0.6 is 0 Å². The second-order valence-corrected chi connectivity index (χ2v) is 5.57. The van der Waals surface area contributed by atoms with E-state index in [0.717, 1.165) is 18.4 Å². The Morgan fingerprint density at radius 2 is 1.83 bits per heavy atom. The molecular weight excluding hydrogens is 302 g/mol. The maximum Gasteiger partial charge on any atom is 0.257 e. The topological polar surface area (TPSA) is 68.0 Å². The van der Waals surface area contributed by atoms with Gasteiger partial charge in [0.25, 0.3) is 11.8 Å². The van der Waals surface area contributed by atoms with Crippen molar-refractivity contribution < 1.29 is 9.32 Å². The van der Waals surface area contributed by atoms with Crippen LogP contribution in [0.25, 0.3) is 11.5 Å². The van der Waals surface area contributed by atoms with Gasteiger partial charge in [-0.15, -0.1) is 0 Å². The van der Waals surface area contributed by atoms with Crippen LogP contribution < -0.4 is 5.32 Å². The molecule has 1 heterocycles. The highest BCUT2D eigenvalue weighted by Gasteiger charge is 2.09. The number of hydrogen-bond acceptors (Lipinski definition) is 4. The Morgan fingerprint density at radius 3 is 2.50 bits per heavy atom. The molecular formula is C19H19N3O2. The molecule has 0 spiro atoms. The van der Waals surface area contributed by atoms with Crippen LogP contribution in [0.1, 0.15) is 28.2 Å². The Hall–Kier alpha value is -2.95. The number of amides is 1. The van der Waals surface area contributed by atoms with Crippen LogP contribution in [0.3, 0.4) is 0 Å². The summed E-state index contributed by atoms with van der Waals surface area (Å²) in [5.74, 6) is 0.976. The van der Waals surface area contributed by atoms with Crippen molar-refractivity contribution in [2.45, 2.75) is 19.8 Å². The molecule has 0 saturated heterocycles. The Kier molecular flexibility index (Phi) is 5.01. The molecule has 0 aliphatic rings. The molecule has 0 fully saturated rings. The first-order valence-corrected chi connectivity index (χ1v) is 7.95. The average molecular weight is 321 g/mol. The van der Waals surface area contributed by atoms with E-state index in [9.17, 15) is 4.79 Å². The van der Waals surface area contributed by atoms with Crippen molar-refractivity contribution in [3.63, 3.8) is 0 Å². The van der Waals surface area contributed by atoms with E-state index in [1.54, 1.807) is 19.1 Å². The molecule has 1 N–H and O–H groups in total. The predicted octanol–water partition coefficient (Wildman–Crippen LogP) is 3.41. The van der Waals surface area contributed by atoms with Crippen molar-refractivity contribution in [1.29, 1.82) is 0 Å². The number of aryl methyl sites for hydroxylation is 2. The zero-order chi connectivity index (χ0) is 16.8. The Balaban J connectivity index is 1.50. The quantitative estimate of drug-likeness (QED) is 0.707. The zero-order valence-corrected chi connectivity index (χ0v) is 13.5. The summed E-state index contributed by atoms with van der Waals surface area (Å²) >= 11 is 0. The molecule has 1 amide bonds. The largest absolute Gasteiger partial charge is 0.352 e. The van der Waals surface area contributed by atoms with Gasteiger partial charge in [0.15, 0.2) is 5.82 Å². The van der Waals surface area contributed by atoms with Crippen molar-refractivity contribution in [1.82, 2.24) is 15.5 Å². The summed E-state index contributed by atoms with van der Waals surface area (Å²) in [5.41, 5.74) is 2.71. The molecule has 0 aliphatic carbocycles. The van der Waals surface area contributed by atoms with Crippen molar-refractivity contribution >= 4 is 5.91 Å². The standard InChI is InChI=1S/C19H19N3O2/c1-14-21-19(24-22-14)17-11-9-16(10-12-17)18(23)20-13-5-8-15-6-3-2-4-7-15/h2-4,6-7,9-12H,5,8,13H2,1H3,(H,20,23). The summed E-state index contributed by atoms with van der Waals surface area (Å²) < 4.78 is 5.11.